The van der Waals surface area contributed by atoms with Gasteiger partial charge in [-0.2, -0.15) is 10.2 Å². The van der Waals surface area contributed by atoms with Gasteiger partial charge in [0, 0.05) is 0 Å². The number of carbonyl (C=O) groups excluding carboxylic acids is 1. The summed E-state index contributed by atoms with van der Waals surface area (Å²) >= 11 is 1.25. The number of nitrogens with one attached hydrogen (secondary N) is 1. The normalized spacial score (nSPS) is 13.1. The Hall–Kier alpha value is -2.33. The first-order valence-electron chi connectivity index (χ1n) is 6.32. The predicted molar refractivity (Wildman–Crippen MR) is 76.0 cm³/mol. The maximum Gasteiger partial charge on any atom is 0.324 e. The summed E-state index contributed by atoms with van der Waals surface area (Å²) in [5.74, 6) is -1.47. The van der Waals surface area contributed by atoms with E-state index in [9.17, 15) is 10.1 Å². The van der Waals surface area contributed by atoms with Crippen LogP contribution < -0.4 is 0 Å². The first-order chi connectivity index (χ1) is 10.3. The van der Waals surface area contributed by atoms with E-state index in [2.05, 4.69) is 21.5 Å². The first kappa shape index (κ1) is 15.1. The van der Waals surface area contributed by atoms with Crippen LogP contribution in [0.1, 0.15) is 17.7 Å². The second-order valence-electron chi connectivity index (χ2n) is 4.05. The van der Waals surface area contributed by atoms with Crippen LogP contribution in [0.4, 0.5) is 0 Å². The fourth-order valence-electron chi connectivity index (χ4n) is 1.79. The Labute approximate surface area is 126 Å². The molecule has 1 N–H and O–H groups in total. The second-order valence-corrected chi connectivity index (χ2v) is 5.18. The molecule has 0 spiro atoms. The highest BCUT2D eigenvalue weighted by molar-refractivity contribution is 7.99. The average molecular weight is 301 g/mol. The summed E-state index contributed by atoms with van der Waals surface area (Å²) in [6.07, 6.45) is 2.42. The lowest BCUT2D eigenvalue weighted by Crippen LogP contribution is -2.22. The molecular formula is C14H13N4O2S. The van der Waals surface area contributed by atoms with E-state index < -0.39 is 17.1 Å². The molecule has 0 aliphatic carbocycles. The van der Waals surface area contributed by atoms with Crippen LogP contribution >= 0.6 is 11.8 Å². The molecule has 2 rings (SSSR count). The van der Waals surface area contributed by atoms with Crippen LogP contribution in [-0.4, -0.2) is 27.8 Å². The highest BCUT2D eigenvalue weighted by Gasteiger charge is 2.32. The first-order valence-corrected chi connectivity index (χ1v) is 7.20. The number of ether oxygens (including phenoxy) is 1. The van der Waals surface area contributed by atoms with Gasteiger partial charge in [-0.15, -0.1) is 5.10 Å². The fraction of sp³-hybridized carbons (Fsp3) is 0.286. The molecule has 2 atom stereocenters. The third-order valence-electron chi connectivity index (χ3n) is 2.70. The molecule has 0 bridgehead atoms. The van der Waals surface area contributed by atoms with Crippen molar-refractivity contribution < 1.29 is 9.53 Å². The number of rotatable bonds is 6. The number of H-pyrrole nitrogens is 1. The maximum atomic E-state index is 12.0. The van der Waals surface area contributed by atoms with Crippen LogP contribution in [0.3, 0.4) is 0 Å². The predicted octanol–water partition coefficient (Wildman–Crippen LogP) is 2.14. The molecule has 21 heavy (non-hydrogen) atoms. The highest BCUT2D eigenvalue weighted by Crippen LogP contribution is 2.39. The molecule has 1 aromatic heterocycles. The van der Waals surface area contributed by atoms with Crippen molar-refractivity contribution in [3.8, 4) is 6.07 Å². The fourth-order valence-corrected chi connectivity index (χ4v) is 2.82. The van der Waals surface area contributed by atoms with Gasteiger partial charge < -0.3 is 4.74 Å². The molecule has 0 saturated carbocycles. The molecule has 1 heterocycles. The average Bonchev–Trinajstić information content (AvgIpc) is 3.01. The summed E-state index contributed by atoms with van der Waals surface area (Å²) in [7, 11) is 0. The largest absolute Gasteiger partial charge is 0.465 e. The lowest BCUT2D eigenvalue weighted by Gasteiger charge is -2.19. The van der Waals surface area contributed by atoms with E-state index in [0.717, 1.165) is 5.56 Å². The number of nitriles is 1. The summed E-state index contributed by atoms with van der Waals surface area (Å²) in [5.41, 5.74) is 0.846. The number of carbonyl (C=O) groups is 1. The van der Waals surface area contributed by atoms with Crippen LogP contribution in [0.5, 0.6) is 0 Å². The van der Waals surface area contributed by atoms with Crippen molar-refractivity contribution in [1.29, 1.82) is 5.26 Å². The molecule has 2 aromatic rings. The Morgan fingerprint density at radius 2 is 2.29 bits per heavy atom. The van der Waals surface area contributed by atoms with Crippen LogP contribution in [0, 0.1) is 23.6 Å². The van der Waals surface area contributed by atoms with E-state index in [4.69, 9.17) is 4.74 Å². The third kappa shape index (κ3) is 3.83. The van der Waals surface area contributed by atoms with Crippen molar-refractivity contribution in [3.63, 3.8) is 0 Å². The maximum absolute atomic E-state index is 12.0. The molecule has 0 aliphatic heterocycles. The topological polar surface area (TPSA) is 91.7 Å². The highest BCUT2D eigenvalue weighted by atomic mass is 32.2. The Morgan fingerprint density at radius 1 is 1.52 bits per heavy atom. The van der Waals surface area contributed by atoms with Gasteiger partial charge in [0.15, 0.2) is 11.1 Å². The Bertz CT molecular complexity index is 610. The summed E-state index contributed by atoms with van der Waals surface area (Å²) in [6, 6.07) is 11.3. The Balaban J connectivity index is 2.30. The van der Waals surface area contributed by atoms with Crippen molar-refractivity contribution in [1.82, 2.24) is 15.2 Å². The van der Waals surface area contributed by atoms with E-state index >= 15 is 0 Å². The lowest BCUT2D eigenvalue weighted by molar-refractivity contribution is -0.146. The van der Waals surface area contributed by atoms with Gasteiger partial charge in [-0.1, -0.05) is 42.1 Å². The van der Waals surface area contributed by atoms with Crippen molar-refractivity contribution in [2.75, 3.05) is 6.61 Å². The van der Waals surface area contributed by atoms with E-state index in [0.29, 0.717) is 5.16 Å². The lowest BCUT2D eigenvalue weighted by atomic mass is 10.00. The Morgan fingerprint density at radius 3 is 2.86 bits per heavy atom. The van der Waals surface area contributed by atoms with E-state index in [-0.39, 0.29) is 6.61 Å². The summed E-state index contributed by atoms with van der Waals surface area (Å²) in [5, 5.41) is 15.8. The third-order valence-corrected chi connectivity index (χ3v) is 3.91. The number of aromatic nitrogens is 3. The number of aromatic amines is 1. The molecule has 0 amide bonds. The SMILES string of the molecule is CCOC(=O)C(C#N)C(Sc1n[c]n[nH]1)c1ccccc1. The van der Waals surface area contributed by atoms with Gasteiger partial charge in [0.2, 0.25) is 6.33 Å². The molecule has 1 radical (unpaired) electrons. The van der Waals surface area contributed by atoms with Crippen LogP contribution in [0.15, 0.2) is 35.5 Å². The van der Waals surface area contributed by atoms with E-state index in [1.165, 1.54) is 11.8 Å². The molecule has 6 nitrogen and oxygen atoms in total. The quantitative estimate of drug-likeness (QED) is 0.649. The number of hydrogen-bond acceptors (Lipinski definition) is 6. The minimum absolute atomic E-state index is 0.235. The van der Waals surface area contributed by atoms with E-state index in [1.807, 2.05) is 36.4 Å². The molecular weight excluding hydrogens is 288 g/mol. The van der Waals surface area contributed by atoms with Crippen molar-refractivity contribution in [2.45, 2.75) is 17.3 Å². The minimum atomic E-state index is -0.928. The summed E-state index contributed by atoms with van der Waals surface area (Å²) < 4.78 is 4.99. The monoisotopic (exact) mass is 301 g/mol. The molecule has 1 aromatic carbocycles. The second kappa shape index (κ2) is 7.45. The number of esters is 1. The van der Waals surface area contributed by atoms with Gasteiger partial charge in [0.05, 0.1) is 17.9 Å². The zero-order valence-corrected chi connectivity index (χ0v) is 12.1. The van der Waals surface area contributed by atoms with Crippen molar-refractivity contribution >= 4 is 17.7 Å². The smallest absolute Gasteiger partial charge is 0.324 e. The van der Waals surface area contributed by atoms with Gasteiger partial charge >= 0.3 is 5.97 Å². The number of hydrogen-bond donors (Lipinski definition) is 1. The number of nitrogens with zero attached hydrogens (tertiary/aromatic N) is 3. The van der Waals surface area contributed by atoms with Crippen LogP contribution in [0.25, 0.3) is 0 Å². The summed E-state index contributed by atoms with van der Waals surface area (Å²) in [4.78, 5) is 15.9. The molecule has 7 heteroatoms. The standard InChI is InChI=1S/C14H13N4O2S/c1-2-20-13(19)11(8-15)12(10-6-4-3-5-7-10)21-14-16-9-17-18-14/h3-7,11-12H,2H2,1H3,(H,16,17,18). The molecule has 107 valence electrons. The van der Waals surface area contributed by atoms with Gasteiger partial charge in [0.1, 0.15) is 0 Å². The Kier molecular flexibility index (Phi) is 5.35. The molecule has 0 aliphatic rings. The minimum Gasteiger partial charge on any atom is -0.465 e. The number of benzene rings is 1. The number of thioether (sulfide) groups is 1. The van der Waals surface area contributed by atoms with Crippen LogP contribution in [0.2, 0.25) is 0 Å². The molecule has 0 saturated heterocycles. The van der Waals surface area contributed by atoms with Gasteiger partial charge in [-0.05, 0) is 12.5 Å². The van der Waals surface area contributed by atoms with Gasteiger partial charge in [0.25, 0.3) is 0 Å². The van der Waals surface area contributed by atoms with Gasteiger partial charge in [-0.25, -0.2) is 0 Å². The molecule has 2 unspecified atom stereocenters. The van der Waals surface area contributed by atoms with Crippen molar-refractivity contribution in [2.24, 2.45) is 5.92 Å². The summed E-state index contributed by atoms with van der Waals surface area (Å²) in [6.45, 7) is 1.95. The van der Waals surface area contributed by atoms with Gasteiger partial charge in [-0.3, -0.25) is 9.89 Å². The zero-order valence-electron chi connectivity index (χ0n) is 11.3. The van der Waals surface area contributed by atoms with Crippen LogP contribution in [-0.2, 0) is 9.53 Å². The van der Waals surface area contributed by atoms with E-state index in [1.54, 1.807) is 6.92 Å². The van der Waals surface area contributed by atoms with Crippen molar-refractivity contribution in [3.05, 3.63) is 42.2 Å². The molecule has 0 fully saturated rings. The zero-order chi connectivity index (χ0) is 15.1.